The van der Waals surface area contributed by atoms with Crippen molar-refractivity contribution in [1.29, 1.82) is 0 Å². The lowest BCUT2D eigenvalue weighted by Crippen LogP contribution is -2.48. The molecule has 92 valence electrons. The number of hydrogen-bond acceptors (Lipinski definition) is 1. The third-order valence-corrected chi connectivity index (χ3v) is 7.37. The maximum absolute atomic E-state index is 3.88. The Morgan fingerprint density at radius 2 is 1.56 bits per heavy atom. The van der Waals surface area contributed by atoms with Crippen molar-refractivity contribution in [2.45, 2.75) is 57.4 Å². The summed E-state index contributed by atoms with van der Waals surface area (Å²) in [7, 11) is -0.0161. The molecule has 0 atom stereocenters. The maximum atomic E-state index is 3.88. The minimum Gasteiger partial charge on any atom is -0.341 e. The van der Waals surface area contributed by atoms with E-state index in [1.807, 2.05) is 0 Å². The highest BCUT2D eigenvalue weighted by molar-refractivity contribution is 6.37. The Morgan fingerprint density at radius 3 is 2.00 bits per heavy atom. The first-order valence-electron chi connectivity index (χ1n) is 7.36. The summed E-state index contributed by atoms with van der Waals surface area (Å²) >= 11 is 0. The van der Waals surface area contributed by atoms with Crippen LogP contribution < -0.4 is 4.98 Å². The normalized spacial score (nSPS) is 46.3. The average molecular weight is 237 g/mol. The minimum absolute atomic E-state index is 0.0161. The third-order valence-electron chi connectivity index (χ3n) is 5.22. The zero-order chi connectivity index (χ0) is 11.2. The lowest BCUT2D eigenvalue weighted by atomic mass is 9.56. The van der Waals surface area contributed by atoms with Gasteiger partial charge in [0.15, 0.2) is 0 Å². The SMILES string of the molecule is CC(C)CN[SiH2]C12CC3CC(CC(C3)C1)C2. The highest BCUT2D eigenvalue weighted by Crippen LogP contribution is 2.63. The fraction of sp³-hybridized carbons (Fsp3) is 1.00. The summed E-state index contributed by atoms with van der Waals surface area (Å²) in [5.41, 5.74) is 0. The predicted octanol–water partition coefficient (Wildman–Crippen LogP) is 2.70. The van der Waals surface area contributed by atoms with Gasteiger partial charge in [-0.25, -0.2) is 0 Å². The largest absolute Gasteiger partial charge is 0.341 e. The van der Waals surface area contributed by atoms with Crippen molar-refractivity contribution in [2.24, 2.45) is 23.7 Å². The molecule has 0 aromatic heterocycles. The van der Waals surface area contributed by atoms with E-state index < -0.39 is 0 Å². The topological polar surface area (TPSA) is 12.0 Å². The predicted molar refractivity (Wildman–Crippen MR) is 72.2 cm³/mol. The standard InChI is InChI=1S/C14H27NSi/c1-10(2)9-15-16-14-6-11-3-12(7-14)5-13(4-11)8-14/h10-13,15H,3-9,16H2,1-2H3. The molecule has 0 aromatic rings. The monoisotopic (exact) mass is 237 g/mol. The van der Waals surface area contributed by atoms with E-state index in [0.29, 0.717) is 0 Å². The van der Waals surface area contributed by atoms with Crippen LogP contribution in [-0.4, -0.2) is 16.2 Å². The van der Waals surface area contributed by atoms with Crippen LogP contribution in [0.2, 0.25) is 5.04 Å². The molecule has 4 saturated carbocycles. The van der Waals surface area contributed by atoms with E-state index in [-0.39, 0.29) is 9.68 Å². The lowest BCUT2D eigenvalue weighted by Gasteiger charge is -2.57. The van der Waals surface area contributed by atoms with Crippen molar-refractivity contribution in [2.75, 3.05) is 6.54 Å². The van der Waals surface area contributed by atoms with Gasteiger partial charge in [-0.3, -0.25) is 0 Å². The number of rotatable bonds is 4. The molecule has 4 aliphatic carbocycles. The van der Waals surface area contributed by atoms with Crippen LogP contribution in [0.25, 0.3) is 0 Å². The van der Waals surface area contributed by atoms with Crippen LogP contribution >= 0.6 is 0 Å². The molecule has 0 spiro atoms. The van der Waals surface area contributed by atoms with Crippen LogP contribution in [0.3, 0.4) is 0 Å². The summed E-state index contributed by atoms with van der Waals surface area (Å²) in [6.07, 6.45) is 9.61. The molecule has 4 bridgehead atoms. The van der Waals surface area contributed by atoms with Gasteiger partial charge in [0.05, 0.1) is 9.68 Å². The second-order valence-corrected chi connectivity index (χ2v) is 9.80. The van der Waals surface area contributed by atoms with Crippen molar-refractivity contribution in [3.8, 4) is 0 Å². The first kappa shape index (κ1) is 11.3. The van der Waals surface area contributed by atoms with E-state index in [4.69, 9.17) is 0 Å². The summed E-state index contributed by atoms with van der Waals surface area (Å²) in [5.74, 6) is 4.25. The Balaban J connectivity index is 1.60. The van der Waals surface area contributed by atoms with Crippen LogP contribution in [0.1, 0.15) is 52.4 Å². The Hall–Kier alpha value is 0.177. The Kier molecular flexibility index (Phi) is 2.91. The molecular weight excluding hydrogens is 210 g/mol. The molecule has 0 unspecified atom stereocenters. The van der Waals surface area contributed by atoms with Gasteiger partial charge in [-0.2, -0.15) is 0 Å². The molecule has 1 nitrogen and oxygen atoms in total. The minimum atomic E-state index is -0.0161. The molecule has 0 aromatic carbocycles. The van der Waals surface area contributed by atoms with E-state index >= 15 is 0 Å². The molecular formula is C14H27NSi. The molecule has 2 heteroatoms. The van der Waals surface area contributed by atoms with Crippen LogP contribution in [-0.2, 0) is 0 Å². The van der Waals surface area contributed by atoms with Crippen molar-refractivity contribution in [3.05, 3.63) is 0 Å². The molecule has 0 amide bonds. The van der Waals surface area contributed by atoms with E-state index in [2.05, 4.69) is 18.8 Å². The van der Waals surface area contributed by atoms with Crippen molar-refractivity contribution in [3.63, 3.8) is 0 Å². The van der Waals surface area contributed by atoms with Crippen molar-refractivity contribution < 1.29 is 0 Å². The fourth-order valence-electron chi connectivity index (χ4n) is 5.13. The van der Waals surface area contributed by atoms with E-state index in [1.165, 1.54) is 6.54 Å². The maximum Gasteiger partial charge on any atom is 0.0978 e. The molecule has 0 radical (unpaired) electrons. The van der Waals surface area contributed by atoms with E-state index in [0.717, 1.165) is 28.7 Å². The van der Waals surface area contributed by atoms with Crippen LogP contribution in [0, 0.1) is 23.7 Å². The summed E-state index contributed by atoms with van der Waals surface area (Å²) < 4.78 is 0. The summed E-state index contributed by atoms with van der Waals surface area (Å²) in [4.78, 5) is 3.88. The summed E-state index contributed by atoms with van der Waals surface area (Å²) in [6, 6.07) is 0. The van der Waals surface area contributed by atoms with Gasteiger partial charge in [0.1, 0.15) is 0 Å². The Labute approximate surface area is 103 Å². The molecule has 0 aliphatic heterocycles. The van der Waals surface area contributed by atoms with Gasteiger partial charge in [-0.15, -0.1) is 0 Å². The molecule has 4 rings (SSSR count). The van der Waals surface area contributed by atoms with Crippen molar-refractivity contribution >= 4 is 9.68 Å². The average Bonchev–Trinajstić information content (AvgIpc) is 2.13. The zero-order valence-electron chi connectivity index (χ0n) is 11.0. The molecule has 4 fully saturated rings. The number of hydrogen-bond donors (Lipinski definition) is 1. The lowest BCUT2D eigenvalue weighted by molar-refractivity contribution is 0.0279. The second-order valence-electron chi connectivity index (χ2n) is 7.44. The van der Waals surface area contributed by atoms with Gasteiger partial charge in [-0.05, 0) is 73.8 Å². The second kappa shape index (κ2) is 4.13. The molecule has 4 aliphatic rings. The van der Waals surface area contributed by atoms with Gasteiger partial charge >= 0.3 is 0 Å². The number of nitrogens with one attached hydrogen (secondary N) is 1. The Bertz CT molecular complexity index is 226. The first-order chi connectivity index (χ1) is 7.65. The highest BCUT2D eigenvalue weighted by atomic mass is 28.2. The van der Waals surface area contributed by atoms with Gasteiger partial charge in [0.25, 0.3) is 0 Å². The third kappa shape index (κ3) is 2.11. The zero-order valence-corrected chi connectivity index (χ0v) is 12.4. The van der Waals surface area contributed by atoms with Crippen LogP contribution in [0.5, 0.6) is 0 Å². The Morgan fingerprint density at radius 1 is 1.06 bits per heavy atom. The van der Waals surface area contributed by atoms with Gasteiger partial charge in [0.2, 0.25) is 0 Å². The molecule has 0 saturated heterocycles. The van der Waals surface area contributed by atoms with E-state index in [1.54, 1.807) is 38.5 Å². The highest BCUT2D eigenvalue weighted by Gasteiger charge is 2.50. The first-order valence-corrected chi connectivity index (χ1v) is 8.77. The molecule has 0 heterocycles. The van der Waals surface area contributed by atoms with E-state index in [9.17, 15) is 0 Å². The van der Waals surface area contributed by atoms with Gasteiger partial charge < -0.3 is 4.98 Å². The van der Waals surface area contributed by atoms with Crippen molar-refractivity contribution in [1.82, 2.24) is 4.98 Å². The quantitative estimate of drug-likeness (QED) is 0.741. The molecule has 16 heavy (non-hydrogen) atoms. The summed E-state index contributed by atoms with van der Waals surface area (Å²) in [5, 5.41) is 0.865. The molecule has 1 N–H and O–H groups in total. The smallest absolute Gasteiger partial charge is 0.0978 e. The van der Waals surface area contributed by atoms with Gasteiger partial charge in [-0.1, -0.05) is 13.8 Å². The fourth-order valence-corrected chi connectivity index (χ4v) is 8.04. The summed E-state index contributed by atoms with van der Waals surface area (Å²) in [6.45, 7) is 5.94. The van der Waals surface area contributed by atoms with Crippen LogP contribution in [0.4, 0.5) is 0 Å². The van der Waals surface area contributed by atoms with Gasteiger partial charge in [0, 0.05) is 0 Å². The van der Waals surface area contributed by atoms with Crippen LogP contribution in [0.15, 0.2) is 0 Å².